The molecule has 4 aromatic rings. The summed E-state index contributed by atoms with van der Waals surface area (Å²) in [6, 6.07) is 27.5. The van der Waals surface area contributed by atoms with Crippen LogP contribution in [0.5, 0.6) is 0 Å². The highest BCUT2D eigenvalue weighted by Gasteiger charge is 2.18. The zero-order valence-corrected chi connectivity index (χ0v) is 17.8. The molecule has 1 saturated heterocycles. The molecule has 0 aliphatic carbocycles. The van der Waals surface area contributed by atoms with Gasteiger partial charge in [0.2, 0.25) is 5.95 Å². The molecule has 0 radical (unpaired) electrons. The molecule has 2 heterocycles. The van der Waals surface area contributed by atoms with E-state index in [2.05, 4.69) is 89.2 Å². The van der Waals surface area contributed by atoms with Gasteiger partial charge >= 0.3 is 0 Å². The van der Waals surface area contributed by atoms with Crippen molar-refractivity contribution < 1.29 is 0 Å². The molecule has 5 heteroatoms. The highest BCUT2D eigenvalue weighted by molar-refractivity contribution is 5.93. The summed E-state index contributed by atoms with van der Waals surface area (Å²) in [5.41, 5.74) is 4.56. The van der Waals surface area contributed by atoms with Crippen LogP contribution >= 0.6 is 0 Å². The van der Waals surface area contributed by atoms with Crippen LogP contribution in [0.4, 0.5) is 11.8 Å². The highest BCUT2D eigenvalue weighted by Crippen LogP contribution is 2.30. The number of hydrogen-bond acceptors (Lipinski definition) is 5. The third kappa shape index (κ3) is 4.23. The Morgan fingerprint density at radius 2 is 1.55 bits per heavy atom. The maximum absolute atomic E-state index is 4.97. The van der Waals surface area contributed by atoms with E-state index in [1.165, 1.54) is 16.7 Å². The molecule has 0 amide bonds. The Bertz CT molecular complexity index is 1150. The van der Waals surface area contributed by atoms with Crippen molar-refractivity contribution in [3.8, 4) is 11.1 Å². The van der Waals surface area contributed by atoms with E-state index in [1.54, 1.807) is 0 Å². The Balaban J connectivity index is 1.58. The molecule has 1 fully saturated rings. The van der Waals surface area contributed by atoms with Gasteiger partial charge < -0.3 is 15.5 Å². The molecular weight excluding hydrogens is 382 g/mol. The molecule has 5 nitrogen and oxygen atoms in total. The molecule has 1 aromatic heterocycles. The zero-order valence-electron chi connectivity index (χ0n) is 17.8. The fourth-order valence-electron chi connectivity index (χ4n) is 4.07. The first-order chi connectivity index (χ1) is 15.3. The summed E-state index contributed by atoms with van der Waals surface area (Å²) < 4.78 is 0. The SMILES string of the molecule is CC(Nc1nc(N2CCNCC2)nc2cc(-c3ccccc3)ccc12)c1ccccc1. The first kappa shape index (κ1) is 19.5. The van der Waals surface area contributed by atoms with Crippen LogP contribution in [0.3, 0.4) is 0 Å². The molecule has 1 aliphatic heterocycles. The minimum Gasteiger partial charge on any atom is -0.363 e. The Morgan fingerprint density at radius 3 is 2.29 bits per heavy atom. The minimum absolute atomic E-state index is 0.143. The van der Waals surface area contributed by atoms with E-state index < -0.39 is 0 Å². The summed E-state index contributed by atoms with van der Waals surface area (Å²) >= 11 is 0. The van der Waals surface area contributed by atoms with Crippen LogP contribution in [0.2, 0.25) is 0 Å². The van der Waals surface area contributed by atoms with Gasteiger partial charge in [0.1, 0.15) is 5.82 Å². The Hall–Kier alpha value is -3.44. The fourth-order valence-corrected chi connectivity index (χ4v) is 4.07. The summed E-state index contributed by atoms with van der Waals surface area (Å²) in [5, 5.41) is 8.10. The molecule has 0 saturated carbocycles. The minimum atomic E-state index is 0.143. The number of fused-ring (bicyclic) bond motifs is 1. The molecule has 1 unspecified atom stereocenters. The van der Waals surface area contributed by atoms with Crippen LogP contribution in [0.1, 0.15) is 18.5 Å². The van der Waals surface area contributed by atoms with E-state index in [0.717, 1.165) is 48.8 Å². The van der Waals surface area contributed by atoms with Gasteiger partial charge in [0.05, 0.1) is 5.52 Å². The van der Waals surface area contributed by atoms with Crippen LogP contribution in [0.25, 0.3) is 22.0 Å². The second-order valence-corrected chi connectivity index (χ2v) is 7.98. The van der Waals surface area contributed by atoms with Gasteiger partial charge in [-0.2, -0.15) is 4.98 Å². The zero-order chi connectivity index (χ0) is 21.0. The molecule has 2 N–H and O–H groups in total. The van der Waals surface area contributed by atoms with Crippen LogP contribution in [-0.4, -0.2) is 36.1 Å². The Morgan fingerprint density at radius 1 is 0.839 bits per heavy atom. The van der Waals surface area contributed by atoms with Crippen molar-refractivity contribution in [2.75, 3.05) is 36.4 Å². The van der Waals surface area contributed by atoms with Crippen molar-refractivity contribution in [3.05, 3.63) is 84.4 Å². The predicted octanol–water partition coefficient (Wildman–Crippen LogP) is 4.88. The Labute approximate surface area is 183 Å². The van der Waals surface area contributed by atoms with Gasteiger partial charge in [-0.3, -0.25) is 0 Å². The van der Waals surface area contributed by atoms with Gasteiger partial charge in [-0.1, -0.05) is 66.7 Å². The lowest BCUT2D eigenvalue weighted by Gasteiger charge is -2.28. The molecule has 31 heavy (non-hydrogen) atoms. The van der Waals surface area contributed by atoms with Crippen LogP contribution in [0, 0.1) is 0 Å². The fraction of sp³-hybridized carbons (Fsp3) is 0.231. The monoisotopic (exact) mass is 409 g/mol. The number of benzene rings is 3. The molecular formula is C26H27N5. The first-order valence-electron chi connectivity index (χ1n) is 10.9. The van der Waals surface area contributed by atoms with Gasteiger partial charge in [-0.05, 0) is 35.7 Å². The molecule has 156 valence electrons. The van der Waals surface area contributed by atoms with Crippen molar-refractivity contribution in [3.63, 3.8) is 0 Å². The quantitative estimate of drug-likeness (QED) is 0.492. The highest BCUT2D eigenvalue weighted by atomic mass is 15.3. The molecule has 3 aromatic carbocycles. The lowest BCUT2D eigenvalue weighted by Crippen LogP contribution is -2.44. The third-order valence-electron chi connectivity index (χ3n) is 5.84. The first-order valence-corrected chi connectivity index (χ1v) is 10.9. The van der Waals surface area contributed by atoms with Crippen molar-refractivity contribution in [2.24, 2.45) is 0 Å². The normalized spacial score (nSPS) is 15.1. The van der Waals surface area contributed by atoms with Crippen molar-refractivity contribution in [1.82, 2.24) is 15.3 Å². The standard InChI is InChI=1S/C26H27N5/c1-19(20-8-4-2-5-9-20)28-25-23-13-12-22(21-10-6-3-7-11-21)18-24(23)29-26(30-25)31-16-14-27-15-17-31/h2-13,18-19,27H,14-17H2,1H3,(H,28,29,30). The summed E-state index contributed by atoms with van der Waals surface area (Å²) in [7, 11) is 0. The van der Waals surface area contributed by atoms with Crippen LogP contribution in [-0.2, 0) is 0 Å². The van der Waals surface area contributed by atoms with Gasteiger partial charge in [-0.15, -0.1) is 0 Å². The summed E-state index contributed by atoms with van der Waals surface area (Å²) in [6.45, 7) is 5.91. The number of nitrogens with zero attached hydrogens (tertiary/aromatic N) is 3. The molecule has 5 rings (SSSR count). The van der Waals surface area contributed by atoms with Crippen molar-refractivity contribution in [2.45, 2.75) is 13.0 Å². The average molecular weight is 410 g/mol. The summed E-state index contributed by atoms with van der Waals surface area (Å²) in [4.78, 5) is 12.2. The number of anilines is 2. The van der Waals surface area contributed by atoms with Crippen molar-refractivity contribution >= 4 is 22.7 Å². The van der Waals surface area contributed by atoms with E-state index in [4.69, 9.17) is 9.97 Å². The number of rotatable bonds is 5. The van der Waals surface area contributed by atoms with Gasteiger partial charge in [0, 0.05) is 37.6 Å². The van der Waals surface area contributed by atoms with Gasteiger partial charge in [0.25, 0.3) is 0 Å². The van der Waals surface area contributed by atoms with E-state index in [9.17, 15) is 0 Å². The predicted molar refractivity (Wildman–Crippen MR) is 129 cm³/mol. The number of nitrogens with one attached hydrogen (secondary N) is 2. The lowest BCUT2D eigenvalue weighted by molar-refractivity contribution is 0.580. The van der Waals surface area contributed by atoms with E-state index in [-0.39, 0.29) is 6.04 Å². The second kappa shape index (κ2) is 8.74. The molecule has 0 bridgehead atoms. The topological polar surface area (TPSA) is 53.1 Å². The van der Waals surface area contributed by atoms with Gasteiger partial charge in [-0.25, -0.2) is 4.98 Å². The maximum Gasteiger partial charge on any atom is 0.227 e. The number of piperazine rings is 1. The van der Waals surface area contributed by atoms with Crippen LogP contribution < -0.4 is 15.5 Å². The molecule has 1 atom stereocenters. The van der Waals surface area contributed by atoms with E-state index in [1.807, 2.05) is 12.1 Å². The maximum atomic E-state index is 4.97. The number of aromatic nitrogens is 2. The molecule has 0 spiro atoms. The average Bonchev–Trinajstić information content (AvgIpc) is 2.85. The number of hydrogen-bond donors (Lipinski definition) is 2. The second-order valence-electron chi connectivity index (χ2n) is 7.98. The summed E-state index contributed by atoms with van der Waals surface area (Å²) in [5.74, 6) is 1.68. The van der Waals surface area contributed by atoms with Crippen molar-refractivity contribution in [1.29, 1.82) is 0 Å². The smallest absolute Gasteiger partial charge is 0.227 e. The van der Waals surface area contributed by atoms with Gasteiger partial charge in [0.15, 0.2) is 0 Å². The lowest BCUT2D eigenvalue weighted by atomic mass is 10.0. The van der Waals surface area contributed by atoms with E-state index in [0.29, 0.717) is 0 Å². The summed E-state index contributed by atoms with van der Waals surface area (Å²) in [6.07, 6.45) is 0. The van der Waals surface area contributed by atoms with E-state index >= 15 is 0 Å². The molecule has 1 aliphatic rings. The third-order valence-corrected chi connectivity index (χ3v) is 5.84. The largest absolute Gasteiger partial charge is 0.363 e. The van der Waals surface area contributed by atoms with Crippen LogP contribution in [0.15, 0.2) is 78.9 Å². The Kier molecular flexibility index (Phi) is 5.50.